The van der Waals surface area contributed by atoms with Crippen molar-refractivity contribution in [3.63, 3.8) is 0 Å². The van der Waals surface area contributed by atoms with Gasteiger partial charge >= 0.3 is 0 Å². The summed E-state index contributed by atoms with van der Waals surface area (Å²) in [7, 11) is 0. The van der Waals surface area contributed by atoms with Gasteiger partial charge in [0.2, 0.25) is 5.91 Å². The number of unbranched alkanes of at least 4 members (excludes halogenated alkanes) is 4. The van der Waals surface area contributed by atoms with Crippen molar-refractivity contribution in [3.05, 3.63) is 0 Å². The lowest BCUT2D eigenvalue weighted by atomic mass is 10.1. The van der Waals surface area contributed by atoms with Crippen molar-refractivity contribution in [3.8, 4) is 0 Å². The van der Waals surface area contributed by atoms with Crippen LogP contribution in [0.15, 0.2) is 0 Å². The number of hydrogen-bond acceptors (Lipinski definition) is 1. The Morgan fingerprint density at radius 3 is 2.17 bits per heavy atom. The van der Waals surface area contributed by atoms with E-state index in [9.17, 15) is 4.79 Å². The molecule has 2 nitrogen and oxygen atoms in total. The van der Waals surface area contributed by atoms with Crippen LogP contribution in [0.5, 0.6) is 0 Å². The fourth-order valence-electron chi connectivity index (χ4n) is 2.35. The molecule has 0 aliphatic rings. The maximum Gasteiger partial charge on any atom is 0.222 e. The Morgan fingerprint density at radius 2 is 1.67 bits per heavy atom. The molecule has 1 amide bonds. The first-order chi connectivity index (χ1) is 8.71. The van der Waals surface area contributed by atoms with Crippen LogP contribution < -0.4 is 0 Å². The lowest BCUT2D eigenvalue weighted by Crippen LogP contribution is -2.40. The molecule has 0 heterocycles. The van der Waals surface area contributed by atoms with Crippen LogP contribution >= 0.6 is 11.6 Å². The zero-order valence-electron chi connectivity index (χ0n) is 12.4. The first kappa shape index (κ1) is 17.8. The number of rotatable bonds is 11. The van der Waals surface area contributed by atoms with E-state index in [1.165, 1.54) is 25.7 Å². The Labute approximate surface area is 118 Å². The Morgan fingerprint density at radius 1 is 1.06 bits per heavy atom. The average Bonchev–Trinajstić information content (AvgIpc) is 2.38. The van der Waals surface area contributed by atoms with E-state index in [4.69, 9.17) is 11.6 Å². The molecular weight excluding hydrogens is 246 g/mol. The van der Waals surface area contributed by atoms with Gasteiger partial charge in [-0.05, 0) is 19.3 Å². The predicted octanol–water partition coefficient (Wildman–Crippen LogP) is 4.60. The summed E-state index contributed by atoms with van der Waals surface area (Å²) in [5, 5.41) is 0. The van der Waals surface area contributed by atoms with E-state index >= 15 is 0 Å². The second kappa shape index (κ2) is 11.8. The van der Waals surface area contributed by atoms with E-state index in [0.717, 1.165) is 19.3 Å². The predicted molar refractivity (Wildman–Crippen MR) is 80.2 cm³/mol. The number of carbonyl (C=O) groups is 1. The third-order valence-corrected chi connectivity index (χ3v) is 3.69. The van der Waals surface area contributed by atoms with Crippen LogP contribution in [0.4, 0.5) is 0 Å². The minimum absolute atomic E-state index is 0.292. The summed E-state index contributed by atoms with van der Waals surface area (Å²) in [5.41, 5.74) is 0. The molecule has 0 rings (SSSR count). The molecule has 0 spiro atoms. The fraction of sp³-hybridized carbons (Fsp3) is 0.933. The van der Waals surface area contributed by atoms with Crippen LogP contribution in [-0.4, -0.2) is 29.3 Å². The first-order valence-electron chi connectivity index (χ1n) is 7.56. The van der Waals surface area contributed by atoms with Crippen LogP contribution in [0, 0.1) is 0 Å². The average molecular weight is 276 g/mol. The van der Waals surface area contributed by atoms with E-state index in [1.54, 1.807) is 0 Å². The van der Waals surface area contributed by atoms with E-state index in [0.29, 0.717) is 30.8 Å². The summed E-state index contributed by atoms with van der Waals surface area (Å²) in [6, 6.07) is 0.367. The van der Waals surface area contributed by atoms with E-state index < -0.39 is 0 Å². The monoisotopic (exact) mass is 275 g/mol. The molecule has 0 radical (unpaired) electrons. The lowest BCUT2D eigenvalue weighted by molar-refractivity contribution is -0.133. The Bertz CT molecular complexity index is 205. The van der Waals surface area contributed by atoms with Gasteiger partial charge in [-0.1, -0.05) is 46.5 Å². The highest BCUT2D eigenvalue weighted by molar-refractivity contribution is 6.18. The van der Waals surface area contributed by atoms with Gasteiger partial charge in [0.15, 0.2) is 0 Å². The van der Waals surface area contributed by atoms with E-state index in [1.807, 2.05) is 4.90 Å². The minimum Gasteiger partial charge on any atom is -0.339 e. The summed E-state index contributed by atoms with van der Waals surface area (Å²) in [6.07, 6.45) is 8.73. The largest absolute Gasteiger partial charge is 0.339 e. The molecule has 0 bridgehead atoms. The molecule has 0 aliphatic carbocycles. The quantitative estimate of drug-likeness (QED) is 0.398. The fourth-order valence-corrected chi connectivity index (χ4v) is 2.54. The van der Waals surface area contributed by atoms with Gasteiger partial charge in [-0.25, -0.2) is 0 Å². The highest BCUT2D eigenvalue weighted by atomic mass is 35.5. The molecule has 0 saturated heterocycles. The third-order valence-electron chi connectivity index (χ3n) is 3.52. The number of carbonyl (C=O) groups excluding carboxylic acids is 1. The molecule has 18 heavy (non-hydrogen) atoms. The van der Waals surface area contributed by atoms with Crippen molar-refractivity contribution in [1.82, 2.24) is 4.90 Å². The van der Waals surface area contributed by atoms with Crippen LogP contribution in [0.2, 0.25) is 0 Å². The van der Waals surface area contributed by atoms with Gasteiger partial charge in [0.1, 0.15) is 0 Å². The number of alkyl halides is 1. The maximum absolute atomic E-state index is 12.2. The number of amides is 1. The lowest BCUT2D eigenvalue weighted by Gasteiger charge is -2.30. The first-order valence-corrected chi connectivity index (χ1v) is 8.10. The summed E-state index contributed by atoms with van der Waals surface area (Å²) < 4.78 is 0. The van der Waals surface area contributed by atoms with E-state index in [2.05, 4.69) is 20.8 Å². The van der Waals surface area contributed by atoms with E-state index in [-0.39, 0.29) is 0 Å². The van der Waals surface area contributed by atoms with Crippen molar-refractivity contribution >= 4 is 17.5 Å². The van der Waals surface area contributed by atoms with Crippen LogP contribution in [0.1, 0.15) is 72.1 Å². The van der Waals surface area contributed by atoms with Gasteiger partial charge in [-0.15, -0.1) is 11.6 Å². The minimum atomic E-state index is 0.292. The van der Waals surface area contributed by atoms with Crippen LogP contribution in [0.25, 0.3) is 0 Å². The molecule has 0 aromatic carbocycles. The molecule has 0 atom stereocenters. The molecular formula is C15H30ClNO. The standard InChI is InChI=1S/C15H30ClNO/c1-4-7-8-9-10-11-15(18)17(13-12-16)14(5-2)6-3/h14H,4-13H2,1-3H3. The molecule has 108 valence electrons. The van der Waals surface area contributed by atoms with Crippen molar-refractivity contribution in [2.24, 2.45) is 0 Å². The van der Waals surface area contributed by atoms with Gasteiger partial charge in [0, 0.05) is 24.9 Å². The van der Waals surface area contributed by atoms with Gasteiger partial charge in [0.05, 0.1) is 0 Å². The Kier molecular flexibility index (Phi) is 11.7. The van der Waals surface area contributed by atoms with Crippen molar-refractivity contribution < 1.29 is 4.79 Å². The molecule has 0 unspecified atom stereocenters. The molecule has 0 fully saturated rings. The van der Waals surface area contributed by atoms with Gasteiger partial charge in [0.25, 0.3) is 0 Å². The van der Waals surface area contributed by atoms with Gasteiger partial charge < -0.3 is 4.90 Å². The van der Waals surface area contributed by atoms with Gasteiger partial charge in [-0.2, -0.15) is 0 Å². The molecule has 0 saturated carbocycles. The van der Waals surface area contributed by atoms with Crippen molar-refractivity contribution in [1.29, 1.82) is 0 Å². The topological polar surface area (TPSA) is 20.3 Å². The van der Waals surface area contributed by atoms with Gasteiger partial charge in [-0.3, -0.25) is 4.79 Å². The summed E-state index contributed by atoms with van der Waals surface area (Å²) in [4.78, 5) is 14.2. The third kappa shape index (κ3) is 7.25. The maximum atomic E-state index is 12.2. The Balaban J connectivity index is 4.05. The molecule has 3 heteroatoms. The highest BCUT2D eigenvalue weighted by Gasteiger charge is 2.19. The number of halogens is 1. The molecule has 0 aromatic rings. The SMILES string of the molecule is CCCCCCCC(=O)N(CCCl)C(CC)CC. The number of hydrogen-bond donors (Lipinski definition) is 0. The zero-order valence-corrected chi connectivity index (χ0v) is 13.1. The molecule has 0 aromatic heterocycles. The zero-order chi connectivity index (χ0) is 13.8. The molecule has 0 N–H and O–H groups in total. The number of nitrogens with zero attached hydrogens (tertiary/aromatic N) is 1. The second-order valence-corrected chi connectivity index (χ2v) is 5.29. The summed E-state index contributed by atoms with van der Waals surface area (Å²) in [6.45, 7) is 7.19. The van der Waals surface area contributed by atoms with Crippen molar-refractivity contribution in [2.75, 3.05) is 12.4 Å². The highest BCUT2D eigenvalue weighted by Crippen LogP contribution is 2.13. The smallest absolute Gasteiger partial charge is 0.222 e. The normalized spacial score (nSPS) is 10.9. The van der Waals surface area contributed by atoms with Crippen molar-refractivity contribution in [2.45, 2.75) is 78.2 Å². The Hall–Kier alpha value is -0.240. The molecule has 0 aliphatic heterocycles. The van der Waals surface area contributed by atoms with Crippen LogP contribution in [-0.2, 0) is 4.79 Å². The summed E-state index contributed by atoms with van der Waals surface area (Å²) >= 11 is 5.81. The van der Waals surface area contributed by atoms with Crippen LogP contribution in [0.3, 0.4) is 0 Å². The second-order valence-electron chi connectivity index (χ2n) is 4.91. The summed E-state index contributed by atoms with van der Waals surface area (Å²) in [5.74, 6) is 0.832.